The zero-order valence-corrected chi connectivity index (χ0v) is 11.3. The van der Waals surface area contributed by atoms with Crippen LogP contribution in [0.15, 0.2) is 5.38 Å². The normalized spacial score (nSPS) is 10.4. The van der Waals surface area contributed by atoms with Gasteiger partial charge < -0.3 is 4.74 Å². The minimum absolute atomic E-state index is 0.194. The number of rotatable bonds is 7. The van der Waals surface area contributed by atoms with Crippen LogP contribution in [0, 0.1) is 0 Å². The average molecular weight is 259 g/mol. The van der Waals surface area contributed by atoms with E-state index in [4.69, 9.17) is 4.74 Å². The van der Waals surface area contributed by atoms with Gasteiger partial charge in [0.25, 0.3) is 0 Å². The number of thiazole rings is 1. The highest BCUT2D eigenvalue weighted by molar-refractivity contribution is 7.98. The molecule has 1 heterocycles. The van der Waals surface area contributed by atoms with Crippen molar-refractivity contribution in [1.82, 2.24) is 4.98 Å². The summed E-state index contributed by atoms with van der Waals surface area (Å²) in [5.41, 5.74) is 0.829. The standard InChI is InChI=1S/C11H17NO2S2/c1-3-5-15-8-10-12-9(7-16-10)6-11(13)14-4-2/h7H,3-6,8H2,1-2H3. The number of carbonyl (C=O) groups is 1. The minimum atomic E-state index is -0.194. The number of thioether (sulfide) groups is 1. The molecular formula is C11H17NO2S2. The number of aromatic nitrogens is 1. The number of nitrogens with zero attached hydrogens (tertiary/aromatic N) is 1. The first kappa shape index (κ1) is 13.5. The van der Waals surface area contributed by atoms with Crippen molar-refractivity contribution in [3.8, 4) is 0 Å². The second-order valence-electron chi connectivity index (χ2n) is 3.27. The van der Waals surface area contributed by atoms with Crippen molar-refractivity contribution in [3.05, 3.63) is 16.1 Å². The summed E-state index contributed by atoms with van der Waals surface area (Å²) >= 11 is 3.50. The lowest BCUT2D eigenvalue weighted by Crippen LogP contribution is -2.07. The van der Waals surface area contributed by atoms with Gasteiger partial charge in [-0.1, -0.05) is 6.92 Å². The van der Waals surface area contributed by atoms with E-state index in [-0.39, 0.29) is 5.97 Å². The van der Waals surface area contributed by atoms with Crippen molar-refractivity contribution in [2.24, 2.45) is 0 Å². The molecule has 0 fully saturated rings. The van der Waals surface area contributed by atoms with Crippen LogP contribution < -0.4 is 0 Å². The lowest BCUT2D eigenvalue weighted by molar-refractivity contribution is -0.142. The Hall–Kier alpha value is -0.550. The van der Waals surface area contributed by atoms with E-state index in [1.54, 1.807) is 11.3 Å². The molecule has 0 aliphatic rings. The van der Waals surface area contributed by atoms with Crippen molar-refractivity contribution in [2.45, 2.75) is 32.4 Å². The van der Waals surface area contributed by atoms with Gasteiger partial charge in [-0.2, -0.15) is 11.8 Å². The van der Waals surface area contributed by atoms with Gasteiger partial charge in [0.15, 0.2) is 0 Å². The first-order valence-corrected chi connectivity index (χ1v) is 7.46. The second kappa shape index (κ2) is 7.68. The van der Waals surface area contributed by atoms with Crippen molar-refractivity contribution in [1.29, 1.82) is 0 Å². The van der Waals surface area contributed by atoms with Crippen LogP contribution in [-0.2, 0) is 21.7 Å². The van der Waals surface area contributed by atoms with E-state index in [2.05, 4.69) is 11.9 Å². The molecule has 1 rings (SSSR count). The molecule has 0 unspecified atom stereocenters. The third-order valence-electron chi connectivity index (χ3n) is 1.80. The van der Waals surface area contributed by atoms with Crippen LogP contribution in [0.25, 0.3) is 0 Å². The molecular weight excluding hydrogens is 242 g/mol. The van der Waals surface area contributed by atoms with E-state index in [0.717, 1.165) is 22.2 Å². The second-order valence-corrected chi connectivity index (χ2v) is 5.31. The van der Waals surface area contributed by atoms with Crippen LogP contribution in [0.3, 0.4) is 0 Å². The van der Waals surface area contributed by atoms with Gasteiger partial charge >= 0.3 is 5.97 Å². The molecule has 0 atom stereocenters. The Labute approximate surface area is 105 Å². The highest BCUT2D eigenvalue weighted by Crippen LogP contribution is 2.17. The van der Waals surface area contributed by atoms with Gasteiger partial charge in [-0.05, 0) is 19.1 Å². The molecule has 1 aromatic heterocycles. The molecule has 0 N–H and O–H groups in total. The summed E-state index contributed by atoms with van der Waals surface area (Å²) in [7, 11) is 0. The van der Waals surface area contributed by atoms with Gasteiger partial charge in [0.2, 0.25) is 0 Å². The Morgan fingerprint density at radius 2 is 2.38 bits per heavy atom. The minimum Gasteiger partial charge on any atom is -0.466 e. The SMILES string of the molecule is CCCSCc1nc(CC(=O)OCC)cs1. The smallest absolute Gasteiger partial charge is 0.311 e. The molecule has 0 aliphatic carbocycles. The topological polar surface area (TPSA) is 39.2 Å². The van der Waals surface area contributed by atoms with Crippen LogP contribution >= 0.6 is 23.1 Å². The molecule has 5 heteroatoms. The molecule has 1 aromatic rings. The molecule has 0 bridgehead atoms. The van der Waals surface area contributed by atoms with Crippen molar-refractivity contribution < 1.29 is 9.53 Å². The third-order valence-corrected chi connectivity index (χ3v) is 4.06. The van der Waals surface area contributed by atoms with Gasteiger partial charge in [0.1, 0.15) is 5.01 Å². The van der Waals surface area contributed by atoms with Gasteiger partial charge in [0.05, 0.1) is 18.7 Å². The maximum absolute atomic E-state index is 11.2. The predicted molar refractivity (Wildman–Crippen MR) is 68.9 cm³/mol. The van der Waals surface area contributed by atoms with E-state index < -0.39 is 0 Å². The fourth-order valence-electron chi connectivity index (χ4n) is 1.16. The number of hydrogen-bond acceptors (Lipinski definition) is 5. The van der Waals surface area contributed by atoms with E-state index in [9.17, 15) is 4.79 Å². The van der Waals surface area contributed by atoms with E-state index in [1.807, 2.05) is 24.1 Å². The van der Waals surface area contributed by atoms with Gasteiger partial charge in [-0.3, -0.25) is 4.79 Å². The molecule has 3 nitrogen and oxygen atoms in total. The maximum atomic E-state index is 11.2. The summed E-state index contributed by atoms with van der Waals surface area (Å²) in [6, 6.07) is 0. The highest BCUT2D eigenvalue weighted by atomic mass is 32.2. The first-order valence-electron chi connectivity index (χ1n) is 5.42. The van der Waals surface area contributed by atoms with Gasteiger partial charge in [-0.25, -0.2) is 4.98 Å². The quantitative estimate of drug-likeness (QED) is 0.557. The predicted octanol–water partition coefficient (Wildman–Crippen LogP) is 2.89. The van der Waals surface area contributed by atoms with Gasteiger partial charge in [-0.15, -0.1) is 11.3 Å². The van der Waals surface area contributed by atoms with Crippen LogP contribution in [0.1, 0.15) is 31.0 Å². The summed E-state index contributed by atoms with van der Waals surface area (Å²) in [6.07, 6.45) is 1.48. The molecule has 0 spiro atoms. The largest absolute Gasteiger partial charge is 0.466 e. The molecule has 0 saturated carbocycles. The molecule has 0 aliphatic heterocycles. The molecule has 0 saturated heterocycles. The molecule has 0 aromatic carbocycles. The van der Waals surface area contributed by atoms with Crippen LogP contribution in [0.2, 0.25) is 0 Å². The first-order chi connectivity index (χ1) is 7.76. The lowest BCUT2D eigenvalue weighted by Gasteiger charge is -1.98. The van der Waals surface area contributed by atoms with Crippen LogP contribution in [0.4, 0.5) is 0 Å². The number of esters is 1. The highest BCUT2D eigenvalue weighted by Gasteiger charge is 2.08. The number of hydrogen-bond donors (Lipinski definition) is 0. The Balaban J connectivity index is 2.36. The summed E-state index contributed by atoms with van der Waals surface area (Å²) in [4.78, 5) is 15.6. The van der Waals surface area contributed by atoms with Gasteiger partial charge in [0, 0.05) is 11.1 Å². The summed E-state index contributed by atoms with van der Waals surface area (Å²) in [5.74, 6) is 1.91. The summed E-state index contributed by atoms with van der Waals surface area (Å²) in [6.45, 7) is 4.41. The fourth-order valence-corrected chi connectivity index (χ4v) is 2.93. The summed E-state index contributed by atoms with van der Waals surface area (Å²) in [5, 5.41) is 3.04. The molecule has 0 radical (unpaired) electrons. The molecule has 90 valence electrons. The zero-order valence-electron chi connectivity index (χ0n) is 9.69. The van der Waals surface area contributed by atoms with Crippen molar-refractivity contribution >= 4 is 29.1 Å². The lowest BCUT2D eigenvalue weighted by atomic mass is 10.3. The zero-order chi connectivity index (χ0) is 11.8. The van der Waals surface area contributed by atoms with Crippen LogP contribution in [-0.4, -0.2) is 23.3 Å². The molecule has 16 heavy (non-hydrogen) atoms. The Bertz CT molecular complexity index is 326. The van der Waals surface area contributed by atoms with E-state index in [1.165, 1.54) is 6.42 Å². The van der Waals surface area contributed by atoms with E-state index in [0.29, 0.717) is 13.0 Å². The average Bonchev–Trinajstić information content (AvgIpc) is 2.66. The fraction of sp³-hybridized carbons (Fsp3) is 0.636. The number of ether oxygens (including phenoxy) is 1. The summed E-state index contributed by atoms with van der Waals surface area (Å²) < 4.78 is 4.87. The van der Waals surface area contributed by atoms with E-state index >= 15 is 0 Å². The van der Waals surface area contributed by atoms with Crippen molar-refractivity contribution in [2.75, 3.05) is 12.4 Å². The monoisotopic (exact) mass is 259 g/mol. The Morgan fingerprint density at radius 1 is 1.56 bits per heavy atom. The Kier molecular flexibility index (Phi) is 6.49. The Morgan fingerprint density at radius 3 is 3.06 bits per heavy atom. The molecule has 0 amide bonds. The van der Waals surface area contributed by atoms with Crippen molar-refractivity contribution in [3.63, 3.8) is 0 Å². The third kappa shape index (κ3) is 4.99. The maximum Gasteiger partial charge on any atom is 0.311 e. The number of carbonyl (C=O) groups excluding carboxylic acids is 1. The van der Waals surface area contributed by atoms with Crippen LogP contribution in [0.5, 0.6) is 0 Å².